The van der Waals surface area contributed by atoms with Crippen LogP contribution in [0.3, 0.4) is 0 Å². The highest BCUT2D eigenvalue weighted by Crippen LogP contribution is 2.36. The maximum atomic E-state index is 13.7. The van der Waals surface area contributed by atoms with Gasteiger partial charge in [0.2, 0.25) is 5.91 Å². The van der Waals surface area contributed by atoms with Crippen LogP contribution in [0.25, 0.3) is 11.1 Å². The second-order valence-corrected chi connectivity index (χ2v) is 21.8. The number of carbonyl (C=O) groups is 2. The number of aryl methyl sites for hydroxylation is 1. The van der Waals surface area contributed by atoms with Crippen LogP contribution in [0.2, 0.25) is 0 Å². The molecular weight excluding hydrogens is 1000 g/mol. The Labute approximate surface area is 466 Å². The Morgan fingerprint density at radius 2 is 1.50 bits per heavy atom. The zero-order valence-electron chi connectivity index (χ0n) is 49.4. The molecule has 2 aromatic rings. The molecule has 3 fully saturated rings. The fourth-order valence-electron chi connectivity index (χ4n) is 10.5. The minimum absolute atomic E-state index is 0.0465. The number of halogens is 1. The van der Waals surface area contributed by atoms with E-state index in [0.29, 0.717) is 49.6 Å². The molecule has 1 aromatic heterocycles. The molecule has 442 valence electrons. The molecule has 0 spiro atoms. The van der Waals surface area contributed by atoms with Crippen LogP contribution >= 0.6 is 0 Å². The van der Waals surface area contributed by atoms with Gasteiger partial charge >= 0.3 is 5.97 Å². The Morgan fingerprint density at radius 3 is 2.00 bits per heavy atom. The van der Waals surface area contributed by atoms with E-state index in [9.17, 15) is 39.5 Å². The van der Waals surface area contributed by atoms with Crippen LogP contribution in [-0.4, -0.2) is 167 Å². The summed E-state index contributed by atoms with van der Waals surface area (Å²) in [7, 11) is 6.73. The Balaban J connectivity index is 0.000000628. The van der Waals surface area contributed by atoms with Crippen LogP contribution in [-0.2, 0) is 38.1 Å². The predicted molar refractivity (Wildman–Crippen MR) is 302 cm³/mol. The van der Waals surface area contributed by atoms with Crippen molar-refractivity contribution >= 4 is 17.6 Å². The number of terminal acetylenes is 2. The number of aliphatic hydroxyl groups excluding tert-OH is 4. The standard InChI is InChI=1S/C25H34FN3O4.C23H43NO7.C8H16O2.2C2H2/c1-16-4-5-20(15-27-16)18-6-8-19(9-7-18)25(32)22(14-26)28-23(30)10-11-29(3)21-12-17(2)33-24(31)13-21;1-10-17-23(7,28)20(26)15(4)18(24-30-9)13(2)11-22(6,29-8)12-14(3)19(25)16(5)21(27)31-17;1-7-6-8(2,9-3)4-5-10-7;2*1-2/h4-9,15,17,21-22,24-25,31-32H,10-14H2,1-3H3,(H,28,30);13-17,19-20,25-26,28H,10-12H2,1-9H3;7H,4-6H2,1-3H3;2*1-2H/b;24-18+;;;/t17-,21?,22?,24-,25-;13-,14-,15+,16-,17-,19+,20-,22-,23-;7-,8+;;/m110../s1. The molecule has 18 heteroatoms. The van der Waals surface area contributed by atoms with E-state index in [0.717, 1.165) is 42.7 Å². The van der Waals surface area contributed by atoms with Gasteiger partial charge in [-0.15, -0.1) is 25.7 Å². The van der Waals surface area contributed by atoms with E-state index in [2.05, 4.69) is 55.0 Å². The number of rotatable bonds is 13. The number of aliphatic hydroxyl groups is 5. The van der Waals surface area contributed by atoms with Crippen molar-refractivity contribution in [3.63, 3.8) is 0 Å². The predicted octanol–water partition coefficient (Wildman–Crippen LogP) is 7.37. The maximum absolute atomic E-state index is 13.7. The molecular formula is C60H97FN4O13. The molecule has 0 saturated carbocycles. The lowest BCUT2D eigenvalue weighted by Gasteiger charge is -2.41. The van der Waals surface area contributed by atoms with Gasteiger partial charge in [0.05, 0.1) is 53.3 Å². The number of cyclic esters (lactones) is 1. The van der Waals surface area contributed by atoms with E-state index in [-0.39, 0.29) is 41.9 Å². The summed E-state index contributed by atoms with van der Waals surface area (Å²) in [6.07, 6.45) is 17.8. The third-order valence-corrected chi connectivity index (χ3v) is 15.4. The van der Waals surface area contributed by atoms with Gasteiger partial charge in [0.25, 0.3) is 0 Å². The van der Waals surface area contributed by atoms with Gasteiger partial charge < -0.3 is 64.3 Å². The molecule has 0 radical (unpaired) electrons. The fourth-order valence-corrected chi connectivity index (χ4v) is 10.5. The summed E-state index contributed by atoms with van der Waals surface area (Å²) in [5, 5.41) is 60.4. The Morgan fingerprint density at radius 1 is 0.897 bits per heavy atom. The summed E-state index contributed by atoms with van der Waals surface area (Å²) < 4.78 is 41.2. The number of methoxy groups -OCH3 is 2. The normalized spacial score (nSPS) is 32.9. The van der Waals surface area contributed by atoms with Crippen LogP contribution in [0, 0.1) is 56.3 Å². The first-order valence-corrected chi connectivity index (χ1v) is 27.1. The van der Waals surface area contributed by atoms with E-state index in [1.54, 1.807) is 53.3 Å². The van der Waals surface area contributed by atoms with Crippen molar-refractivity contribution in [1.82, 2.24) is 15.2 Å². The minimum Gasteiger partial charge on any atom is -0.459 e. The molecule has 4 heterocycles. The van der Waals surface area contributed by atoms with Crippen molar-refractivity contribution in [1.29, 1.82) is 0 Å². The summed E-state index contributed by atoms with van der Waals surface area (Å²) in [6, 6.07) is 10.1. The molecule has 0 aliphatic carbocycles. The van der Waals surface area contributed by atoms with Crippen LogP contribution in [0.4, 0.5) is 4.39 Å². The van der Waals surface area contributed by atoms with Gasteiger partial charge in [-0.3, -0.25) is 14.6 Å². The van der Waals surface area contributed by atoms with Gasteiger partial charge in [-0.25, -0.2) is 4.39 Å². The lowest BCUT2D eigenvalue weighted by atomic mass is 9.75. The number of oxime groups is 1. The van der Waals surface area contributed by atoms with Crippen molar-refractivity contribution in [2.24, 2.45) is 28.8 Å². The minimum atomic E-state index is -1.73. The van der Waals surface area contributed by atoms with Crippen LogP contribution in [0.5, 0.6) is 0 Å². The zero-order valence-corrected chi connectivity index (χ0v) is 49.4. The van der Waals surface area contributed by atoms with E-state index >= 15 is 0 Å². The van der Waals surface area contributed by atoms with E-state index in [1.807, 2.05) is 70.8 Å². The molecule has 17 nitrogen and oxygen atoms in total. The van der Waals surface area contributed by atoms with E-state index < -0.39 is 72.4 Å². The van der Waals surface area contributed by atoms with Crippen molar-refractivity contribution in [3.8, 4) is 36.8 Å². The molecule has 3 aliphatic rings. The van der Waals surface area contributed by atoms with E-state index in [4.69, 9.17) is 28.5 Å². The highest BCUT2D eigenvalue weighted by atomic mass is 19.1. The number of aromatic nitrogens is 1. The summed E-state index contributed by atoms with van der Waals surface area (Å²) in [5.74, 6) is -2.68. The lowest BCUT2D eigenvalue weighted by molar-refractivity contribution is -0.189. The number of alkyl halides is 1. The van der Waals surface area contributed by atoms with Crippen molar-refractivity contribution in [2.45, 2.75) is 199 Å². The monoisotopic (exact) mass is 1100 g/mol. The topological polar surface area (TPSA) is 231 Å². The molecule has 0 bridgehead atoms. The van der Waals surface area contributed by atoms with Crippen LogP contribution in [0.1, 0.15) is 138 Å². The summed E-state index contributed by atoms with van der Waals surface area (Å²) in [4.78, 5) is 36.6. The van der Waals surface area contributed by atoms with Gasteiger partial charge in [0, 0.05) is 82.0 Å². The quantitative estimate of drug-likeness (QED) is 0.0654. The molecule has 1 amide bonds. The van der Waals surface area contributed by atoms with Gasteiger partial charge in [0.15, 0.2) is 6.29 Å². The third-order valence-electron chi connectivity index (χ3n) is 15.4. The average molecular weight is 1100 g/mol. The molecule has 78 heavy (non-hydrogen) atoms. The summed E-state index contributed by atoms with van der Waals surface area (Å²) in [6.45, 7) is 20.9. The smallest absolute Gasteiger partial charge is 0.311 e. The number of hydrogen-bond donors (Lipinski definition) is 6. The molecule has 3 saturated heterocycles. The summed E-state index contributed by atoms with van der Waals surface area (Å²) >= 11 is 0. The number of hydrogen-bond acceptors (Lipinski definition) is 16. The van der Waals surface area contributed by atoms with Gasteiger partial charge in [-0.1, -0.05) is 63.2 Å². The Bertz CT molecular complexity index is 2090. The van der Waals surface area contributed by atoms with Gasteiger partial charge in [0.1, 0.15) is 31.6 Å². The number of carbonyl (C=O) groups excluding carboxylic acids is 2. The number of esters is 1. The molecule has 5 rings (SSSR count). The molecule has 2 unspecified atom stereocenters. The maximum Gasteiger partial charge on any atom is 0.311 e. The highest BCUT2D eigenvalue weighted by Gasteiger charge is 2.47. The third kappa shape index (κ3) is 21.8. The molecule has 3 aliphatic heterocycles. The average Bonchev–Trinajstić information content (AvgIpc) is 3.42. The number of ether oxygens (including phenoxy) is 5. The van der Waals surface area contributed by atoms with Crippen molar-refractivity contribution in [3.05, 3.63) is 53.9 Å². The first-order chi connectivity index (χ1) is 36.7. The fraction of sp³-hybridized carbons (Fsp3) is 0.700. The Hall–Kier alpha value is -4.57. The van der Waals surface area contributed by atoms with Crippen molar-refractivity contribution < 1.29 is 68.0 Å². The lowest BCUT2D eigenvalue weighted by Crippen LogP contribution is -2.56. The largest absolute Gasteiger partial charge is 0.459 e. The summed E-state index contributed by atoms with van der Waals surface area (Å²) in [5.41, 5.74) is 1.66. The second kappa shape index (κ2) is 34.5. The molecule has 1 aromatic carbocycles. The molecule has 6 N–H and O–H groups in total. The van der Waals surface area contributed by atoms with Crippen LogP contribution < -0.4 is 5.32 Å². The van der Waals surface area contributed by atoms with Crippen LogP contribution in [0.15, 0.2) is 47.8 Å². The number of nitrogens with zero attached hydrogens (tertiary/aromatic N) is 3. The van der Waals surface area contributed by atoms with Gasteiger partial charge in [-0.2, -0.15) is 0 Å². The Kier molecular flexibility index (Phi) is 31.6. The number of benzene rings is 1. The SMILES string of the molecule is C#C.C#C.CC[C@H]1OC(=O)[C@H](C)[C@@H](O)[C@H](C)C[C@](C)(OC)C[C@@H](C)/C(=N\OC)[C@H](C)[C@@H](O)[C@]1(C)O.CO[C@]1(C)CCO[C@@H](C)C1.Cc1ccc(-c2ccc([C@@H](O)C(CF)NC(=O)CCN(C)C3C[C@@H](C)O[C@@H](O)C3)cc2)cn1. The van der Waals surface area contributed by atoms with Crippen molar-refractivity contribution in [2.75, 3.05) is 48.2 Å². The number of pyridine rings is 1. The second-order valence-electron chi connectivity index (χ2n) is 21.8. The number of nitrogens with one attached hydrogen (secondary N) is 1. The van der Waals surface area contributed by atoms with Gasteiger partial charge in [-0.05, 0) is 111 Å². The first kappa shape index (κ1) is 71.4. The highest BCUT2D eigenvalue weighted by molar-refractivity contribution is 5.88. The first-order valence-electron chi connectivity index (χ1n) is 27.1. The number of amides is 1. The zero-order chi connectivity index (χ0) is 59.7. The van der Waals surface area contributed by atoms with E-state index in [1.165, 1.54) is 14.0 Å². The molecule has 16 atom stereocenters.